The molecular weight excluding hydrogens is 366 g/mol. The van der Waals surface area contributed by atoms with Crippen LogP contribution in [0.5, 0.6) is 0 Å². The lowest BCUT2D eigenvalue weighted by atomic mass is 9.74. The van der Waals surface area contributed by atoms with Crippen molar-refractivity contribution in [1.29, 1.82) is 0 Å². The van der Waals surface area contributed by atoms with Crippen LogP contribution in [-0.2, 0) is 5.41 Å². The molecule has 29 heavy (non-hydrogen) atoms. The number of carbonyl (C=O) groups is 1. The van der Waals surface area contributed by atoms with Gasteiger partial charge >= 0.3 is 0 Å². The van der Waals surface area contributed by atoms with Gasteiger partial charge in [0.2, 0.25) is 0 Å². The Hall–Kier alpha value is -3.09. The Labute approximate surface area is 169 Å². The van der Waals surface area contributed by atoms with Crippen LogP contribution in [0.4, 0.5) is 0 Å². The highest BCUT2D eigenvalue weighted by atomic mass is 16.5. The first-order valence-electron chi connectivity index (χ1n) is 10.2. The maximum atomic E-state index is 13.1. The highest BCUT2D eigenvalue weighted by Crippen LogP contribution is 2.46. The van der Waals surface area contributed by atoms with Gasteiger partial charge in [-0.3, -0.25) is 14.8 Å². The lowest BCUT2D eigenvalue weighted by Crippen LogP contribution is -2.49. The maximum Gasteiger partial charge on any atom is 0.276 e. The van der Waals surface area contributed by atoms with Crippen molar-refractivity contribution in [2.24, 2.45) is 5.92 Å². The van der Waals surface area contributed by atoms with Crippen molar-refractivity contribution in [3.63, 3.8) is 0 Å². The fourth-order valence-corrected chi connectivity index (χ4v) is 4.32. The Bertz CT molecular complexity index is 987. The zero-order valence-electron chi connectivity index (χ0n) is 16.2. The van der Waals surface area contributed by atoms with Gasteiger partial charge < -0.3 is 9.42 Å². The second kappa shape index (κ2) is 7.39. The van der Waals surface area contributed by atoms with Crippen molar-refractivity contribution in [3.05, 3.63) is 60.3 Å². The van der Waals surface area contributed by atoms with Crippen LogP contribution in [0.25, 0.3) is 11.6 Å². The van der Waals surface area contributed by atoms with Gasteiger partial charge in [0, 0.05) is 31.7 Å². The van der Waals surface area contributed by atoms with Crippen LogP contribution in [0.15, 0.2) is 53.4 Å². The molecule has 2 fully saturated rings. The van der Waals surface area contributed by atoms with Crippen LogP contribution in [0.2, 0.25) is 0 Å². The minimum atomic E-state index is -0.270. The molecule has 1 aliphatic carbocycles. The number of pyridine rings is 2. The van der Waals surface area contributed by atoms with Crippen molar-refractivity contribution in [3.8, 4) is 11.6 Å². The molecule has 1 unspecified atom stereocenters. The highest BCUT2D eigenvalue weighted by molar-refractivity contribution is 5.94. The van der Waals surface area contributed by atoms with Crippen molar-refractivity contribution >= 4 is 5.91 Å². The van der Waals surface area contributed by atoms with Gasteiger partial charge in [-0.2, -0.15) is 4.98 Å². The summed E-state index contributed by atoms with van der Waals surface area (Å²) in [7, 11) is 0. The second-order valence-electron chi connectivity index (χ2n) is 8.14. The molecule has 0 aromatic carbocycles. The maximum absolute atomic E-state index is 13.1. The summed E-state index contributed by atoms with van der Waals surface area (Å²) in [4.78, 5) is 28.1. The standard InChI is InChI=1S/C22H23N5O2/c28-20(17-5-3-10-23-14-17)27-12-4-9-22(15-27,13-16-7-8-16)21-25-19(29-26-21)18-6-1-2-11-24-18/h1-3,5-6,10-11,14,16H,4,7-9,12-13,15H2. The monoisotopic (exact) mass is 389 g/mol. The van der Waals surface area contributed by atoms with Gasteiger partial charge in [-0.15, -0.1) is 0 Å². The Kier molecular flexibility index (Phi) is 4.58. The van der Waals surface area contributed by atoms with Crippen LogP contribution >= 0.6 is 0 Å². The number of carbonyl (C=O) groups excluding carboxylic acids is 1. The minimum absolute atomic E-state index is 0.0198. The van der Waals surface area contributed by atoms with Crippen LogP contribution in [0, 0.1) is 5.92 Å². The molecule has 3 aromatic rings. The molecule has 0 radical (unpaired) electrons. The van der Waals surface area contributed by atoms with Crippen LogP contribution in [0.1, 0.15) is 48.3 Å². The van der Waals surface area contributed by atoms with Gasteiger partial charge in [-0.25, -0.2) is 0 Å². The number of hydrogen-bond donors (Lipinski definition) is 0. The Morgan fingerprint density at radius 1 is 1.21 bits per heavy atom. The lowest BCUT2D eigenvalue weighted by Gasteiger charge is -2.41. The Morgan fingerprint density at radius 2 is 2.14 bits per heavy atom. The summed E-state index contributed by atoms with van der Waals surface area (Å²) in [6, 6.07) is 9.25. The first kappa shape index (κ1) is 18.0. The largest absolute Gasteiger partial charge is 0.338 e. The molecule has 0 bridgehead atoms. The number of rotatable bonds is 5. The number of aromatic nitrogens is 4. The van der Waals surface area contributed by atoms with E-state index in [1.807, 2.05) is 29.2 Å². The quantitative estimate of drug-likeness (QED) is 0.664. The number of hydrogen-bond acceptors (Lipinski definition) is 6. The first-order chi connectivity index (χ1) is 14.2. The molecule has 1 atom stereocenters. The molecule has 3 aromatic heterocycles. The van der Waals surface area contributed by atoms with Gasteiger partial charge in [0.05, 0.1) is 11.0 Å². The number of likely N-dealkylation sites (tertiary alicyclic amines) is 1. The zero-order valence-corrected chi connectivity index (χ0v) is 16.2. The van der Waals surface area contributed by atoms with E-state index in [0.717, 1.165) is 25.8 Å². The van der Waals surface area contributed by atoms with E-state index in [1.54, 1.807) is 24.7 Å². The summed E-state index contributed by atoms with van der Waals surface area (Å²) in [6.07, 6.45) is 10.4. The molecule has 1 saturated carbocycles. The number of nitrogens with zero attached hydrogens (tertiary/aromatic N) is 5. The van der Waals surface area contributed by atoms with E-state index < -0.39 is 0 Å². The van der Waals surface area contributed by atoms with E-state index in [9.17, 15) is 4.79 Å². The molecule has 1 saturated heterocycles. The average Bonchev–Trinajstić information content (AvgIpc) is 3.44. The molecule has 2 aliphatic rings. The Morgan fingerprint density at radius 3 is 2.90 bits per heavy atom. The van der Waals surface area contributed by atoms with Crippen LogP contribution in [0.3, 0.4) is 0 Å². The van der Waals surface area contributed by atoms with Crippen molar-refractivity contribution in [2.75, 3.05) is 13.1 Å². The number of amides is 1. The third-order valence-electron chi connectivity index (χ3n) is 5.93. The normalized spacial score (nSPS) is 21.9. The summed E-state index contributed by atoms with van der Waals surface area (Å²) in [5.41, 5.74) is 1.03. The van der Waals surface area contributed by atoms with Crippen molar-refractivity contribution in [1.82, 2.24) is 25.0 Å². The smallest absolute Gasteiger partial charge is 0.276 e. The van der Waals surface area contributed by atoms with Gasteiger partial charge in [-0.1, -0.05) is 24.1 Å². The summed E-state index contributed by atoms with van der Waals surface area (Å²) in [6.45, 7) is 1.35. The molecule has 5 rings (SSSR count). The predicted molar refractivity (Wildman–Crippen MR) is 106 cm³/mol. The van der Waals surface area contributed by atoms with Crippen molar-refractivity contribution < 1.29 is 9.32 Å². The molecule has 1 aliphatic heterocycles. The topological polar surface area (TPSA) is 85.0 Å². The van der Waals surface area contributed by atoms with Crippen LogP contribution < -0.4 is 0 Å². The molecule has 1 amide bonds. The molecule has 0 spiro atoms. The zero-order chi connectivity index (χ0) is 19.7. The molecule has 0 N–H and O–H groups in total. The fourth-order valence-electron chi connectivity index (χ4n) is 4.32. The fraction of sp³-hybridized carbons (Fsp3) is 0.409. The average molecular weight is 389 g/mol. The van der Waals surface area contributed by atoms with Gasteiger partial charge in [0.15, 0.2) is 5.82 Å². The van der Waals surface area contributed by atoms with E-state index in [-0.39, 0.29) is 11.3 Å². The van der Waals surface area contributed by atoms with Gasteiger partial charge in [-0.05, 0) is 49.4 Å². The molecular formula is C22H23N5O2. The molecule has 7 nitrogen and oxygen atoms in total. The molecule has 148 valence electrons. The van der Waals surface area contributed by atoms with E-state index in [2.05, 4.69) is 15.1 Å². The Balaban J connectivity index is 1.45. The second-order valence-corrected chi connectivity index (χ2v) is 8.14. The predicted octanol–water partition coefficient (Wildman–Crippen LogP) is 3.50. The van der Waals surface area contributed by atoms with E-state index in [0.29, 0.717) is 35.4 Å². The molecule has 4 heterocycles. The van der Waals surface area contributed by atoms with E-state index in [1.165, 1.54) is 12.8 Å². The SMILES string of the molecule is O=C(c1cccnc1)N1CCCC(CC2CC2)(c2noc(-c3ccccn3)n2)C1. The first-order valence-corrected chi connectivity index (χ1v) is 10.2. The number of piperidine rings is 1. The third-order valence-corrected chi connectivity index (χ3v) is 5.93. The van der Waals surface area contributed by atoms with E-state index >= 15 is 0 Å². The van der Waals surface area contributed by atoms with Crippen LogP contribution in [-0.4, -0.2) is 44.0 Å². The summed E-state index contributed by atoms with van der Waals surface area (Å²) < 4.78 is 5.57. The highest BCUT2D eigenvalue weighted by Gasteiger charge is 2.46. The van der Waals surface area contributed by atoms with E-state index in [4.69, 9.17) is 9.51 Å². The third kappa shape index (κ3) is 3.64. The lowest BCUT2D eigenvalue weighted by molar-refractivity contribution is 0.0606. The minimum Gasteiger partial charge on any atom is -0.338 e. The molecule has 7 heteroatoms. The summed E-state index contributed by atoms with van der Waals surface area (Å²) in [5, 5.41) is 4.36. The van der Waals surface area contributed by atoms with Gasteiger partial charge in [0.1, 0.15) is 5.69 Å². The van der Waals surface area contributed by atoms with Gasteiger partial charge in [0.25, 0.3) is 11.8 Å². The summed E-state index contributed by atoms with van der Waals surface area (Å²) in [5.74, 6) is 1.84. The van der Waals surface area contributed by atoms with Crippen molar-refractivity contribution in [2.45, 2.75) is 37.5 Å². The summed E-state index contributed by atoms with van der Waals surface area (Å²) >= 11 is 0.